The largest absolute Gasteiger partial charge is 0.347 e. The lowest BCUT2D eigenvalue weighted by atomic mass is 10.1. The molecule has 1 unspecified atom stereocenters. The second kappa shape index (κ2) is 5.80. The summed E-state index contributed by atoms with van der Waals surface area (Å²) >= 11 is 0. The number of rotatable bonds is 4. The quantitative estimate of drug-likeness (QED) is 0.908. The molecule has 0 radical (unpaired) electrons. The van der Waals surface area contributed by atoms with Crippen molar-refractivity contribution in [1.82, 2.24) is 15.2 Å². The van der Waals surface area contributed by atoms with Crippen LogP contribution in [-0.2, 0) is 11.3 Å². The molecule has 0 aliphatic rings. The molecule has 0 aliphatic heterocycles. The van der Waals surface area contributed by atoms with Crippen LogP contribution in [0.1, 0.15) is 12.5 Å². The first-order valence-corrected chi connectivity index (χ1v) is 6.36. The van der Waals surface area contributed by atoms with Gasteiger partial charge in [-0.2, -0.15) is 0 Å². The molecule has 1 amide bonds. The number of hydrogen-bond acceptors (Lipinski definition) is 3. The Balaban J connectivity index is 2.12. The summed E-state index contributed by atoms with van der Waals surface area (Å²) in [6.45, 7) is 2.55. The molecule has 1 atom stereocenters. The highest BCUT2D eigenvalue weighted by Crippen LogP contribution is 2.17. The Labute approximate surface area is 113 Å². The molecule has 0 aliphatic carbocycles. The molecule has 1 N–H and O–H groups in total. The van der Waals surface area contributed by atoms with Crippen molar-refractivity contribution in [3.63, 3.8) is 0 Å². The van der Waals surface area contributed by atoms with Crippen LogP contribution < -0.4 is 5.32 Å². The zero-order valence-electron chi connectivity index (χ0n) is 11.6. The molecule has 0 spiro atoms. The van der Waals surface area contributed by atoms with Crippen molar-refractivity contribution in [2.45, 2.75) is 19.5 Å². The topological polar surface area (TPSA) is 45.2 Å². The number of carbonyl (C=O) groups is 1. The second-order valence-corrected chi connectivity index (χ2v) is 4.85. The predicted octanol–water partition coefficient (Wildman–Crippen LogP) is 1.80. The van der Waals surface area contributed by atoms with E-state index in [1.165, 1.54) is 10.9 Å². The van der Waals surface area contributed by atoms with Crippen LogP contribution in [-0.4, -0.2) is 35.9 Å². The summed E-state index contributed by atoms with van der Waals surface area (Å²) in [4.78, 5) is 17.5. The average Bonchev–Trinajstić information content (AvgIpc) is 2.43. The van der Waals surface area contributed by atoms with E-state index in [0.717, 1.165) is 5.39 Å². The predicted molar refractivity (Wildman–Crippen MR) is 76.7 cm³/mol. The average molecular weight is 257 g/mol. The Hall–Kier alpha value is -1.94. The molecule has 4 heteroatoms. The molecule has 0 saturated carbocycles. The maximum absolute atomic E-state index is 11.8. The minimum absolute atomic E-state index is 0.0851. The van der Waals surface area contributed by atoms with Gasteiger partial charge in [0.05, 0.1) is 6.04 Å². The van der Waals surface area contributed by atoms with Crippen molar-refractivity contribution >= 4 is 16.7 Å². The number of carbonyl (C=O) groups excluding carboxylic acids is 1. The third-order valence-electron chi connectivity index (χ3n) is 3.18. The van der Waals surface area contributed by atoms with Crippen molar-refractivity contribution in [2.75, 3.05) is 14.1 Å². The summed E-state index contributed by atoms with van der Waals surface area (Å²) < 4.78 is 0. The van der Waals surface area contributed by atoms with Gasteiger partial charge < -0.3 is 10.2 Å². The lowest BCUT2D eigenvalue weighted by molar-refractivity contribution is -0.130. The summed E-state index contributed by atoms with van der Waals surface area (Å²) in [5.41, 5.74) is 1.18. The van der Waals surface area contributed by atoms with E-state index in [2.05, 4.69) is 16.4 Å². The van der Waals surface area contributed by atoms with Crippen LogP contribution in [0.25, 0.3) is 10.8 Å². The number of benzene rings is 1. The number of nitrogens with one attached hydrogen (secondary N) is 1. The van der Waals surface area contributed by atoms with Crippen LogP contribution in [0.3, 0.4) is 0 Å². The Morgan fingerprint density at radius 2 is 2.16 bits per heavy atom. The normalized spacial score (nSPS) is 12.4. The Bertz CT molecular complexity index is 575. The van der Waals surface area contributed by atoms with Crippen LogP contribution >= 0.6 is 0 Å². The summed E-state index contributed by atoms with van der Waals surface area (Å²) in [7, 11) is 3.54. The van der Waals surface area contributed by atoms with Gasteiger partial charge in [-0.15, -0.1) is 0 Å². The SMILES string of the molecule is CC(NCc1cccc2cnccc12)C(=O)N(C)C. The van der Waals surface area contributed by atoms with Crippen LogP contribution in [0.15, 0.2) is 36.7 Å². The van der Waals surface area contributed by atoms with Crippen LogP contribution in [0.2, 0.25) is 0 Å². The highest BCUT2D eigenvalue weighted by Gasteiger charge is 2.14. The molecule has 0 fully saturated rings. The van der Waals surface area contributed by atoms with Crippen molar-refractivity contribution in [2.24, 2.45) is 0 Å². The first-order valence-electron chi connectivity index (χ1n) is 6.36. The van der Waals surface area contributed by atoms with E-state index in [0.29, 0.717) is 6.54 Å². The molecule has 1 aromatic heterocycles. The number of likely N-dealkylation sites (N-methyl/N-ethyl adjacent to an activating group) is 1. The molecule has 1 heterocycles. The van der Waals surface area contributed by atoms with Gasteiger partial charge in [0.2, 0.25) is 5.91 Å². The van der Waals surface area contributed by atoms with Crippen LogP contribution in [0, 0.1) is 0 Å². The summed E-state index contributed by atoms with van der Waals surface area (Å²) in [5.74, 6) is 0.0851. The van der Waals surface area contributed by atoms with E-state index in [4.69, 9.17) is 0 Å². The van der Waals surface area contributed by atoms with Gasteiger partial charge in [0, 0.05) is 38.4 Å². The van der Waals surface area contributed by atoms with Gasteiger partial charge in [-0.05, 0) is 23.9 Å². The lowest BCUT2D eigenvalue weighted by Crippen LogP contribution is -2.41. The zero-order valence-corrected chi connectivity index (χ0v) is 11.6. The Morgan fingerprint density at radius 1 is 1.37 bits per heavy atom. The molecule has 0 bridgehead atoms. The van der Waals surface area contributed by atoms with Crippen molar-refractivity contribution < 1.29 is 4.79 Å². The van der Waals surface area contributed by atoms with Crippen molar-refractivity contribution in [3.05, 3.63) is 42.2 Å². The first-order chi connectivity index (χ1) is 9.09. The molecule has 1 aromatic carbocycles. The van der Waals surface area contributed by atoms with Gasteiger partial charge in [0.25, 0.3) is 0 Å². The van der Waals surface area contributed by atoms with Gasteiger partial charge in [0.15, 0.2) is 0 Å². The number of hydrogen-bond donors (Lipinski definition) is 1. The summed E-state index contributed by atoms with van der Waals surface area (Å²) in [6.07, 6.45) is 3.65. The number of pyridine rings is 1. The Morgan fingerprint density at radius 3 is 2.89 bits per heavy atom. The third kappa shape index (κ3) is 3.09. The fourth-order valence-corrected chi connectivity index (χ4v) is 2.08. The molecule has 0 saturated heterocycles. The van der Waals surface area contributed by atoms with Crippen LogP contribution in [0.5, 0.6) is 0 Å². The van der Waals surface area contributed by atoms with Crippen molar-refractivity contribution in [3.8, 4) is 0 Å². The van der Waals surface area contributed by atoms with Crippen molar-refractivity contribution in [1.29, 1.82) is 0 Å². The van der Waals surface area contributed by atoms with Gasteiger partial charge in [-0.25, -0.2) is 0 Å². The number of amides is 1. The maximum Gasteiger partial charge on any atom is 0.238 e. The maximum atomic E-state index is 11.8. The molecular formula is C15H19N3O. The molecule has 2 rings (SSSR count). The smallest absolute Gasteiger partial charge is 0.238 e. The van der Waals surface area contributed by atoms with E-state index in [1.54, 1.807) is 25.2 Å². The van der Waals surface area contributed by atoms with E-state index < -0.39 is 0 Å². The number of nitrogens with zero attached hydrogens (tertiary/aromatic N) is 2. The van der Waals surface area contributed by atoms with E-state index in [1.807, 2.05) is 31.3 Å². The molecule has 19 heavy (non-hydrogen) atoms. The zero-order chi connectivity index (χ0) is 13.8. The molecule has 100 valence electrons. The Kier molecular flexibility index (Phi) is 4.12. The standard InChI is InChI=1S/C15H19N3O/c1-11(15(19)18(2)3)17-10-13-6-4-5-12-9-16-8-7-14(12)13/h4-9,11,17H,10H2,1-3H3. The minimum Gasteiger partial charge on any atom is -0.347 e. The van der Waals surface area contributed by atoms with Gasteiger partial charge in [-0.1, -0.05) is 18.2 Å². The highest BCUT2D eigenvalue weighted by molar-refractivity contribution is 5.85. The fourth-order valence-electron chi connectivity index (χ4n) is 2.08. The summed E-state index contributed by atoms with van der Waals surface area (Å²) in [6, 6.07) is 7.94. The lowest BCUT2D eigenvalue weighted by Gasteiger charge is -2.18. The van der Waals surface area contributed by atoms with Gasteiger partial charge >= 0.3 is 0 Å². The van der Waals surface area contributed by atoms with E-state index >= 15 is 0 Å². The monoisotopic (exact) mass is 257 g/mol. The number of aromatic nitrogens is 1. The van der Waals surface area contributed by atoms with Crippen LogP contribution in [0.4, 0.5) is 0 Å². The fraction of sp³-hybridized carbons (Fsp3) is 0.333. The van der Waals surface area contributed by atoms with Gasteiger partial charge in [-0.3, -0.25) is 9.78 Å². The first kappa shape index (κ1) is 13.5. The molecule has 4 nitrogen and oxygen atoms in total. The van der Waals surface area contributed by atoms with E-state index in [9.17, 15) is 4.79 Å². The molecular weight excluding hydrogens is 238 g/mol. The highest BCUT2D eigenvalue weighted by atomic mass is 16.2. The molecule has 2 aromatic rings. The third-order valence-corrected chi connectivity index (χ3v) is 3.18. The minimum atomic E-state index is -0.188. The number of fused-ring (bicyclic) bond motifs is 1. The van der Waals surface area contributed by atoms with Gasteiger partial charge in [0.1, 0.15) is 0 Å². The second-order valence-electron chi connectivity index (χ2n) is 4.85. The summed E-state index contributed by atoms with van der Waals surface area (Å²) in [5, 5.41) is 5.55. The van der Waals surface area contributed by atoms with E-state index in [-0.39, 0.29) is 11.9 Å².